The molecule has 0 amide bonds. The Hall–Kier alpha value is -0.960. The van der Waals surface area contributed by atoms with Crippen LogP contribution in [-0.2, 0) is 33.2 Å². The summed E-state index contributed by atoms with van der Waals surface area (Å²) in [5.41, 5.74) is 0. The Morgan fingerprint density at radius 1 is 0.455 bits per heavy atom. The van der Waals surface area contributed by atoms with Gasteiger partial charge in [-0.2, -0.15) is 0 Å². The molecule has 0 bridgehead atoms. The highest BCUT2D eigenvalue weighted by molar-refractivity contribution is 5.05. The van der Waals surface area contributed by atoms with Crippen molar-refractivity contribution in [2.45, 2.75) is 154 Å². The average Bonchev–Trinajstić information content (AvgIpc) is 3.16. The second-order valence-electron chi connectivity index (χ2n) is 14.5. The Bertz CT molecular complexity index is 1190. The molecule has 24 nitrogen and oxygen atoms in total. The van der Waals surface area contributed by atoms with E-state index in [1.165, 1.54) is 6.92 Å². The third kappa shape index (κ3) is 8.98. The lowest BCUT2D eigenvalue weighted by Crippen LogP contribution is -2.72. The van der Waals surface area contributed by atoms with Gasteiger partial charge in [-0.05, 0) is 6.92 Å². The molecule has 1 saturated carbocycles. The number of ether oxygens (including phenoxy) is 7. The second-order valence-corrected chi connectivity index (χ2v) is 14.5. The van der Waals surface area contributed by atoms with Gasteiger partial charge >= 0.3 is 0 Å². The maximum Gasteiger partial charge on any atom is 0.187 e. The van der Waals surface area contributed by atoms with Crippen LogP contribution in [0.25, 0.3) is 0 Å². The summed E-state index contributed by atoms with van der Waals surface area (Å²) in [6.07, 6.45) is -37.1. The fraction of sp³-hybridized carbons (Fsp3) is 1.00. The van der Waals surface area contributed by atoms with Crippen molar-refractivity contribution in [2.24, 2.45) is 5.92 Å². The zero-order valence-electron chi connectivity index (χ0n) is 29.5. The highest BCUT2D eigenvalue weighted by Crippen LogP contribution is 2.35. The molecule has 0 spiro atoms. The van der Waals surface area contributed by atoms with Crippen LogP contribution in [0.4, 0.5) is 0 Å². The quantitative estimate of drug-likeness (QED) is 0.0870. The van der Waals surface area contributed by atoms with Crippen molar-refractivity contribution < 1.29 is 115 Å². The molecule has 25 atom stereocenters. The van der Waals surface area contributed by atoms with Crippen molar-refractivity contribution in [3.63, 3.8) is 0 Å². The molecule has 55 heavy (non-hydrogen) atoms. The Balaban J connectivity index is 1.22. The minimum Gasteiger partial charge on any atom is -0.396 e. The number of aliphatic hydroxyl groups excluding tert-OH is 16. The highest BCUT2D eigenvalue weighted by atomic mass is 16.8. The van der Waals surface area contributed by atoms with Gasteiger partial charge in [0.25, 0.3) is 0 Å². The van der Waals surface area contributed by atoms with Crippen molar-refractivity contribution >= 4 is 0 Å². The van der Waals surface area contributed by atoms with Gasteiger partial charge < -0.3 is 120 Å². The predicted octanol–water partition coefficient (Wildman–Crippen LogP) is -11.0. The molecule has 4 aliphatic heterocycles. The van der Waals surface area contributed by atoms with Crippen molar-refractivity contribution in [3.8, 4) is 0 Å². The lowest BCUT2D eigenvalue weighted by molar-refractivity contribution is -0.382. The number of aliphatic hydroxyl groups is 16. The average molecular weight is 810 g/mol. The third-order valence-corrected chi connectivity index (χ3v) is 11.0. The van der Waals surface area contributed by atoms with Crippen LogP contribution in [0, 0.1) is 5.92 Å². The largest absolute Gasteiger partial charge is 0.396 e. The number of rotatable bonds is 12. The van der Waals surface area contributed by atoms with E-state index in [1.54, 1.807) is 0 Å². The van der Waals surface area contributed by atoms with Gasteiger partial charge in [-0.1, -0.05) is 0 Å². The fourth-order valence-electron chi connectivity index (χ4n) is 7.66. The van der Waals surface area contributed by atoms with E-state index in [0.29, 0.717) is 0 Å². The van der Waals surface area contributed by atoms with Crippen LogP contribution >= 0.6 is 0 Å². The first-order valence-electron chi connectivity index (χ1n) is 17.9. The molecule has 4 heterocycles. The third-order valence-electron chi connectivity index (χ3n) is 11.0. The van der Waals surface area contributed by atoms with Gasteiger partial charge in [0.1, 0.15) is 97.7 Å². The van der Waals surface area contributed by atoms with Gasteiger partial charge in [0.15, 0.2) is 18.9 Å². The minimum atomic E-state index is -2.04. The fourth-order valence-corrected chi connectivity index (χ4v) is 7.66. The lowest BCUT2D eigenvalue weighted by Gasteiger charge is -2.50. The van der Waals surface area contributed by atoms with Gasteiger partial charge in [0.2, 0.25) is 0 Å². The molecule has 5 fully saturated rings. The van der Waals surface area contributed by atoms with Crippen LogP contribution in [0.5, 0.6) is 0 Å². The SMILES string of the molecule is CC1OC(OC2C(CO)OC(OC3C(CO)OC(OC4C(CO)OCC(O)C4O)C(O)C3O)C(O)C2O)C(O)C(O)C1NC1C(O)C(O)C(O)C(CO)C1O. The molecule has 322 valence electrons. The van der Waals surface area contributed by atoms with Crippen molar-refractivity contribution in [2.75, 3.05) is 33.0 Å². The highest BCUT2D eigenvalue weighted by Gasteiger charge is 2.56. The second kappa shape index (κ2) is 19.0. The van der Waals surface area contributed by atoms with Gasteiger partial charge in [-0.3, -0.25) is 0 Å². The zero-order chi connectivity index (χ0) is 40.6. The number of hydrogen-bond donors (Lipinski definition) is 17. The first-order valence-corrected chi connectivity index (χ1v) is 17.9. The van der Waals surface area contributed by atoms with E-state index in [2.05, 4.69) is 5.32 Å². The standard InChI is InChI=1S/C31H55NO23/c1-7-13(32-14-15(38)8(2-33)16(39)20(43)19(14)42)18(41)23(46)29(50-7)54-27-11(4-35)52-31(25(48)21(27)44)55-28-12(5-36)51-30(24(47)22(28)45)53-26-10(3-34)49-6-9(37)17(26)40/h7-48H,2-6H2,1H3. The zero-order valence-corrected chi connectivity index (χ0v) is 29.5. The van der Waals surface area contributed by atoms with E-state index < -0.39 is 179 Å². The smallest absolute Gasteiger partial charge is 0.187 e. The van der Waals surface area contributed by atoms with Gasteiger partial charge in [-0.25, -0.2) is 0 Å². The summed E-state index contributed by atoms with van der Waals surface area (Å²) in [6.45, 7) is -2.14. The van der Waals surface area contributed by atoms with Gasteiger partial charge in [-0.15, -0.1) is 0 Å². The van der Waals surface area contributed by atoms with E-state index in [4.69, 9.17) is 33.2 Å². The molecule has 0 aromatic rings. The van der Waals surface area contributed by atoms with Crippen molar-refractivity contribution in [1.82, 2.24) is 5.32 Å². The molecule has 0 aromatic carbocycles. The minimum absolute atomic E-state index is 0.327. The molecule has 5 aliphatic rings. The normalized spacial score (nSPS) is 53.9. The van der Waals surface area contributed by atoms with Crippen molar-refractivity contribution in [3.05, 3.63) is 0 Å². The maximum atomic E-state index is 11.1. The van der Waals surface area contributed by atoms with Crippen molar-refractivity contribution in [1.29, 1.82) is 0 Å². The molecular weight excluding hydrogens is 754 g/mol. The molecule has 0 aromatic heterocycles. The first-order chi connectivity index (χ1) is 26.0. The van der Waals surface area contributed by atoms with E-state index >= 15 is 0 Å². The molecular formula is C31H55NO23. The lowest BCUT2D eigenvalue weighted by atomic mass is 9.76. The molecule has 0 radical (unpaired) electrons. The number of hydrogen-bond acceptors (Lipinski definition) is 24. The number of nitrogens with one attached hydrogen (secondary N) is 1. The van der Waals surface area contributed by atoms with E-state index in [-0.39, 0.29) is 6.61 Å². The summed E-state index contributed by atoms with van der Waals surface area (Å²) in [6, 6.07) is -2.68. The first kappa shape index (κ1) is 45.1. The molecule has 4 saturated heterocycles. The van der Waals surface area contributed by atoms with E-state index in [9.17, 15) is 81.7 Å². The summed E-state index contributed by atoms with van der Waals surface area (Å²) < 4.78 is 39.1. The molecule has 17 N–H and O–H groups in total. The van der Waals surface area contributed by atoms with Gasteiger partial charge in [0.05, 0.1) is 63.4 Å². The van der Waals surface area contributed by atoms with Crippen LogP contribution in [0.1, 0.15) is 6.92 Å². The Morgan fingerprint density at radius 3 is 1.36 bits per heavy atom. The molecule has 25 unspecified atom stereocenters. The van der Waals surface area contributed by atoms with Crippen LogP contribution in [0.2, 0.25) is 0 Å². The van der Waals surface area contributed by atoms with Crippen LogP contribution in [0.3, 0.4) is 0 Å². The summed E-state index contributed by atoms with van der Waals surface area (Å²) in [5.74, 6) is -1.27. The summed E-state index contributed by atoms with van der Waals surface area (Å²) >= 11 is 0. The Morgan fingerprint density at radius 2 is 0.891 bits per heavy atom. The summed E-state index contributed by atoms with van der Waals surface area (Å²) in [4.78, 5) is 0. The van der Waals surface area contributed by atoms with Crippen LogP contribution in [-0.4, -0.2) is 262 Å². The molecule has 5 rings (SSSR count). The van der Waals surface area contributed by atoms with E-state index in [0.717, 1.165) is 0 Å². The van der Waals surface area contributed by atoms with Crippen LogP contribution in [0.15, 0.2) is 0 Å². The van der Waals surface area contributed by atoms with E-state index in [1.807, 2.05) is 0 Å². The van der Waals surface area contributed by atoms with Gasteiger partial charge in [0, 0.05) is 5.92 Å². The molecule has 1 aliphatic carbocycles. The Kier molecular flexibility index (Phi) is 15.6. The topological polar surface area (TPSA) is 400 Å². The monoisotopic (exact) mass is 809 g/mol. The summed E-state index contributed by atoms with van der Waals surface area (Å²) in [7, 11) is 0. The Labute approximate surface area is 313 Å². The maximum absolute atomic E-state index is 11.1. The molecule has 24 heteroatoms. The summed E-state index contributed by atoms with van der Waals surface area (Å²) in [5, 5.41) is 170. The predicted molar refractivity (Wildman–Crippen MR) is 171 cm³/mol. The van der Waals surface area contributed by atoms with Crippen LogP contribution < -0.4 is 5.32 Å².